The molecule has 0 unspecified atom stereocenters. The molecule has 1 aromatic carbocycles. The van der Waals surface area contributed by atoms with Crippen molar-refractivity contribution in [3.8, 4) is 0 Å². The summed E-state index contributed by atoms with van der Waals surface area (Å²) >= 11 is 0. The van der Waals surface area contributed by atoms with Crippen LogP contribution in [0.2, 0.25) is 0 Å². The SMILES string of the molecule is CC1(C)[C@H]2C[C@H]1[C@]1(C)OB([C@@H](N)c3ccccc3)O[C@@H]1C2. The number of hydrogen-bond acceptors (Lipinski definition) is 3. The van der Waals surface area contributed by atoms with Gasteiger partial charge in [-0.1, -0.05) is 44.2 Å². The maximum absolute atomic E-state index is 6.41. The molecule has 0 aromatic heterocycles. The molecular formula is C17H24BNO2. The Bertz CT molecular complexity index is 549. The maximum atomic E-state index is 6.41. The van der Waals surface area contributed by atoms with Gasteiger partial charge in [-0.25, -0.2) is 0 Å². The van der Waals surface area contributed by atoms with Gasteiger partial charge in [-0.3, -0.25) is 0 Å². The Morgan fingerprint density at radius 3 is 2.57 bits per heavy atom. The summed E-state index contributed by atoms with van der Waals surface area (Å²) in [4.78, 5) is 0. The molecule has 1 heterocycles. The lowest BCUT2D eigenvalue weighted by molar-refractivity contribution is -0.199. The van der Waals surface area contributed by atoms with Crippen LogP contribution in [0.25, 0.3) is 0 Å². The molecule has 1 aliphatic heterocycles. The maximum Gasteiger partial charge on any atom is 0.480 e. The van der Waals surface area contributed by atoms with E-state index in [9.17, 15) is 0 Å². The molecule has 21 heavy (non-hydrogen) atoms. The van der Waals surface area contributed by atoms with E-state index in [0.29, 0.717) is 11.3 Å². The van der Waals surface area contributed by atoms with E-state index in [2.05, 4.69) is 20.8 Å². The number of hydrogen-bond donors (Lipinski definition) is 1. The molecule has 3 aliphatic carbocycles. The van der Waals surface area contributed by atoms with E-state index in [0.717, 1.165) is 17.9 Å². The average molecular weight is 285 g/mol. The molecular weight excluding hydrogens is 261 g/mol. The van der Waals surface area contributed by atoms with Gasteiger partial charge in [0.15, 0.2) is 0 Å². The van der Waals surface area contributed by atoms with Crippen molar-refractivity contribution >= 4 is 7.12 Å². The van der Waals surface area contributed by atoms with Gasteiger partial charge in [-0.15, -0.1) is 0 Å². The third-order valence-corrected chi connectivity index (χ3v) is 6.45. The zero-order valence-corrected chi connectivity index (χ0v) is 13.1. The predicted molar refractivity (Wildman–Crippen MR) is 83.5 cm³/mol. The standard InChI is InChI=1S/C17H24BNO2/c1-16(2)12-9-13(16)17(3)14(10-12)20-18(21-17)15(19)11-7-5-4-6-8-11/h4-8,12-15H,9-10,19H2,1-3H3/t12-,13+,14+,15-,17-/m0/s1. The Balaban J connectivity index is 1.57. The molecule has 4 aliphatic rings. The molecule has 3 nitrogen and oxygen atoms in total. The molecule has 4 heteroatoms. The Morgan fingerprint density at radius 1 is 1.19 bits per heavy atom. The van der Waals surface area contributed by atoms with Crippen molar-refractivity contribution in [3.05, 3.63) is 35.9 Å². The van der Waals surface area contributed by atoms with Gasteiger partial charge in [-0.05, 0) is 42.6 Å². The van der Waals surface area contributed by atoms with Crippen LogP contribution < -0.4 is 5.73 Å². The second-order valence-electron chi connectivity index (χ2n) is 7.77. The van der Waals surface area contributed by atoms with Crippen LogP contribution in [0.5, 0.6) is 0 Å². The molecule has 0 radical (unpaired) electrons. The summed E-state index contributed by atoms with van der Waals surface area (Å²) < 4.78 is 12.6. The zero-order chi connectivity index (χ0) is 14.8. The molecule has 2 N–H and O–H groups in total. The molecule has 4 fully saturated rings. The van der Waals surface area contributed by atoms with Crippen LogP contribution in [0.15, 0.2) is 30.3 Å². The van der Waals surface area contributed by atoms with Gasteiger partial charge in [0.1, 0.15) is 0 Å². The summed E-state index contributed by atoms with van der Waals surface area (Å²) in [5.74, 6) is 1.14. The van der Waals surface area contributed by atoms with Gasteiger partial charge in [0.05, 0.1) is 17.6 Å². The van der Waals surface area contributed by atoms with E-state index in [1.54, 1.807) is 0 Å². The average Bonchev–Trinajstić information content (AvgIpc) is 2.84. The minimum Gasteiger partial charge on any atom is -0.404 e. The molecule has 3 saturated carbocycles. The summed E-state index contributed by atoms with van der Waals surface area (Å²) in [5, 5.41) is 0. The van der Waals surface area contributed by atoms with Crippen LogP contribution >= 0.6 is 0 Å². The van der Waals surface area contributed by atoms with Crippen molar-refractivity contribution in [1.29, 1.82) is 0 Å². The Labute approximate surface area is 127 Å². The van der Waals surface area contributed by atoms with Crippen LogP contribution in [0, 0.1) is 17.3 Å². The largest absolute Gasteiger partial charge is 0.480 e. The van der Waals surface area contributed by atoms with Gasteiger partial charge >= 0.3 is 7.12 Å². The molecule has 2 bridgehead atoms. The van der Waals surface area contributed by atoms with E-state index in [-0.39, 0.29) is 24.8 Å². The van der Waals surface area contributed by atoms with E-state index >= 15 is 0 Å². The van der Waals surface area contributed by atoms with Crippen LogP contribution in [-0.2, 0) is 9.31 Å². The lowest BCUT2D eigenvalue weighted by atomic mass is 9.43. The van der Waals surface area contributed by atoms with Gasteiger partial charge in [-0.2, -0.15) is 0 Å². The van der Waals surface area contributed by atoms with Crippen molar-refractivity contribution < 1.29 is 9.31 Å². The summed E-state index contributed by atoms with van der Waals surface area (Å²) in [6, 6.07) is 10.1. The fraction of sp³-hybridized carbons (Fsp3) is 0.647. The summed E-state index contributed by atoms with van der Waals surface area (Å²) in [7, 11) is -0.322. The Morgan fingerprint density at radius 2 is 1.90 bits per heavy atom. The third kappa shape index (κ3) is 1.79. The zero-order valence-electron chi connectivity index (χ0n) is 13.1. The summed E-state index contributed by atoms with van der Waals surface area (Å²) in [5.41, 5.74) is 7.67. The first kappa shape index (κ1) is 13.8. The highest BCUT2D eigenvalue weighted by molar-refractivity contribution is 6.47. The normalized spacial score (nSPS) is 41.3. The van der Waals surface area contributed by atoms with Gasteiger partial charge in [0.2, 0.25) is 0 Å². The fourth-order valence-electron chi connectivity index (χ4n) is 4.88. The Hall–Kier alpha value is -0.835. The number of benzene rings is 1. The van der Waals surface area contributed by atoms with E-state index in [4.69, 9.17) is 15.0 Å². The highest BCUT2D eigenvalue weighted by Crippen LogP contribution is 2.65. The molecule has 1 saturated heterocycles. The van der Waals surface area contributed by atoms with E-state index in [1.807, 2.05) is 30.3 Å². The molecule has 0 amide bonds. The van der Waals surface area contributed by atoms with Gasteiger partial charge in [0, 0.05) is 0 Å². The van der Waals surface area contributed by atoms with Crippen LogP contribution in [0.1, 0.15) is 45.1 Å². The van der Waals surface area contributed by atoms with Gasteiger partial charge in [0.25, 0.3) is 0 Å². The quantitative estimate of drug-likeness (QED) is 0.850. The second-order valence-corrected chi connectivity index (χ2v) is 7.77. The van der Waals surface area contributed by atoms with Crippen LogP contribution in [-0.4, -0.2) is 18.8 Å². The first-order valence-electron chi connectivity index (χ1n) is 8.06. The summed E-state index contributed by atoms with van der Waals surface area (Å²) in [6.07, 6.45) is 2.59. The Kier molecular flexibility index (Phi) is 2.85. The topological polar surface area (TPSA) is 44.5 Å². The molecule has 112 valence electrons. The second kappa shape index (κ2) is 4.34. The minimum absolute atomic E-state index is 0.171. The lowest BCUT2D eigenvalue weighted by Crippen LogP contribution is -2.65. The number of nitrogens with two attached hydrogens (primary N) is 1. The number of rotatable bonds is 2. The van der Waals surface area contributed by atoms with Gasteiger partial charge < -0.3 is 15.0 Å². The first-order chi connectivity index (χ1) is 9.93. The highest BCUT2D eigenvalue weighted by atomic mass is 16.7. The monoisotopic (exact) mass is 285 g/mol. The van der Waals surface area contributed by atoms with Crippen molar-refractivity contribution in [1.82, 2.24) is 0 Å². The molecule has 5 atom stereocenters. The minimum atomic E-state index is -0.322. The lowest BCUT2D eigenvalue weighted by Gasteiger charge is -2.64. The molecule has 1 aromatic rings. The predicted octanol–water partition coefficient (Wildman–Crippen LogP) is 2.95. The van der Waals surface area contributed by atoms with Crippen LogP contribution in [0.3, 0.4) is 0 Å². The highest BCUT2D eigenvalue weighted by Gasteiger charge is 2.68. The van der Waals surface area contributed by atoms with Crippen molar-refractivity contribution in [2.75, 3.05) is 0 Å². The smallest absolute Gasteiger partial charge is 0.404 e. The molecule has 0 spiro atoms. The van der Waals surface area contributed by atoms with E-state index in [1.165, 1.54) is 6.42 Å². The van der Waals surface area contributed by atoms with Crippen molar-refractivity contribution in [2.24, 2.45) is 23.0 Å². The van der Waals surface area contributed by atoms with Crippen LogP contribution in [0.4, 0.5) is 0 Å². The van der Waals surface area contributed by atoms with Crippen molar-refractivity contribution in [2.45, 2.75) is 51.3 Å². The van der Waals surface area contributed by atoms with Crippen molar-refractivity contribution in [3.63, 3.8) is 0 Å². The first-order valence-corrected chi connectivity index (χ1v) is 8.06. The third-order valence-electron chi connectivity index (χ3n) is 6.45. The fourth-order valence-corrected chi connectivity index (χ4v) is 4.88. The molecule has 5 rings (SSSR count). The van der Waals surface area contributed by atoms with E-state index < -0.39 is 0 Å². The summed E-state index contributed by atoms with van der Waals surface area (Å²) in [6.45, 7) is 6.99.